The Morgan fingerprint density at radius 3 is 2.26 bits per heavy atom. The van der Waals surface area contributed by atoms with Crippen LogP contribution in [0.4, 0.5) is 0 Å². The molecule has 0 aliphatic carbocycles. The molecule has 27 heavy (non-hydrogen) atoms. The van der Waals surface area contributed by atoms with Gasteiger partial charge in [-0.1, -0.05) is 12.1 Å². The van der Waals surface area contributed by atoms with E-state index < -0.39 is 5.91 Å². The van der Waals surface area contributed by atoms with Gasteiger partial charge >= 0.3 is 0 Å². The van der Waals surface area contributed by atoms with E-state index in [1.165, 1.54) is 11.8 Å². The molecule has 7 nitrogen and oxygen atoms in total. The van der Waals surface area contributed by atoms with Gasteiger partial charge in [0, 0.05) is 23.1 Å². The van der Waals surface area contributed by atoms with Gasteiger partial charge in [-0.05, 0) is 18.2 Å². The SMILES string of the molecule is COc1cc(OC)c(OC)cc1CNC(=O)c1ccccc1SCC(N)=O. The Balaban J connectivity index is 2.17. The molecule has 144 valence electrons. The zero-order valence-corrected chi connectivity index (χ0v) is 16.2. The average molecular weight is 390 g/mol. The minimum absolute atomic E-state index is 0.105. The molecule has 0 fully saturated rings. The van der Waals surface area contributed by atoms with Crippen LogP contribution < -0.4 is 25.3 Å². The number of benzene rings is 2. The maximum absolute atomic E-state index is 12.6. The summed E-state index contributed by atoms with van der Waals surface area (Å²) >= 11 is 1.23. The van der Waals surface area contributed by atoms with E-state index in [9.17, 15) is 9.59 Å². The third kappa shape index (κ3) is 5.30. The highest BCUT2D eigenvalue weighted by molar-refractivity contribution is 8.00. The number of nitrogens with one attached hydrogen (secondary N) is 1. The summed E-state index contributed by atoms with van der Waals surface area (Å²) in [6.07, 6.45) is 0. The van der Waals surface area contributed by atoms with Crippen LogP contribution in [0.3, 0.4) is 0 Å². The van der Waals surface area contributed by atoms with Gasteiger partial charge in [-0.3, -0.25) is 9.59 Å². The summed E-state index contributed by atoms with van der Waals surface area (Å²) in [6.45, 7) is 0.233. The van der Waals surface area contributed by atoms with Crippen LogP contribution in [0.2, 0.25) is 0 Å². The van der Waals surface area contributed by atoms with E-state index >= 15 is 0 Å². The Kier molecular flexibility index (Phi) is 7.36. The lowest BCUT2D eigenvalue weighted by Gasteiger charge is -2.15. The van der Waals surface area contributed by atoms with Crippen LogP contribution in [-0.4, -0.2) is 38.9 Å². The molecular formula is C19H22N2O5S. The summed E-state index contributed by atoms with van der Waals surface area (Å²) < 4.78 is 15.9. The third-order valence-corrected chi connectivity index (χ3v) is 4.82. The largest absolute Gasteiger partial charge is 0.496 e. The molecule has 0 radical (unpaired) electrons. The molecule has 0 heterocycles. The summed E-state index contributed by atoms with van der Waals surface area (Å²) in [4.78, 5) is 24.3. The predicted octanol–water partition coefficient (Wildman–Crippen LogP) is 2.22. The predicted molar refractivity (Wildman–Crippen MR) is 104 cm³/mol. The highest BCUT2D eigenvalue weighted by Gasteiger charge is 2.15. The second kappa shape index (κ2) is 9.72. The van der Waals surface area contributed by atoms with E-state index in [-0.39, 0.29) is 18.2 Å². The molecule has 2 rings (SSSR count). The minimum Gasteiger partial charge on any atom is -0.496 e. The number of hydrogen-bond donors (Lipinski definition) is 2. The monoisotopic (exact) mass is 390 g/mol. The molecule has 0 saturated carbocycles. The first kappa shape index (κ1) is 20.4. The van der Waals surface area contributed by atoms with Crippen LogP contribution in [0.15, 0.2) is 41.3 Å². The molecule has 0 atom stereocenters. The number of ether oxygens (including phenoxy) is 3. The van der Waals surface area contributed by atoms with Gasteiger partial charge in [0.1, 0.15) is 5.75 Å². The van der Waals surface area contributed by atoms with E-state index in [0.717, 1.165) is 5.56 Å². The van der Waals surface area contributed by atoms with Crippen molar-refractivity contribution in [1.82, 2.24) is 5.32 Å². The highest BCUT2D eigenvalue weighted by Crippen LogP contribution is 2.34. The number of rotatable bonds is 9. The molecule has 0 unspecified atom stereocenters. The molecule has 2 amide bonds. The van der Waals surface area contributed by atoms with E-state index in [2.05, 4.69) is 5.32 Å². The molecule has 3 N–H and O–H groups in total. The van der Waals surface area contributed by atoms with Crippen molar-refractivity contribution in [2.75, 3.05) is 27.1 Å². The molecule has 0 aliphatic rings. The van der Waals surface area contributed by atoms with Crippen molar-refractivity contribution in [3.8, 4) is 17.2 Å². The van der Waals surface area contributed by atoms with Crippen molar-refractivity contribution in [3.05, 3.63) is 47.5 Å². The van der Waals surface area contributed by atoms with Gasteiger partial charge in [-0.15, -0.1) is 11.8 Å². The Labute approximate surface area is 162 Å². The van der Waals surface area contributed by atoms with Gasteiger partial charge in [0.2, 0.25) is 5.91 Å². The molecule has 0 aliphatic heterocycles. The Bertz CT molecular complexity index is 826. The Hall–Kier alpha value is -2.87. The van der Waals surface area contributed by atoms with Crippen LogP contribution in [0, 0.1) is 0 Å². The maximum Gasteiger partial charge on any atom is 0.252 e. The summed E-state index contributed by atoms with van der Waals surface area (Å²) in [7, 11) is 4.63. The van der Waals surface area contributed by atoms with Crippen LogP contribution in [0.5, 0.6) is 17.2 Å². The molecule has 2 aromatic rings. The fraction of sp³-hybridized carbons (Fsp3) is 0.263. The first-order valence-corrected chi connectivity index (χ1v) is 9.06. The molecule has 2 aromatic carbocycles. The quantitative estimate of drug-likeness (QED) is 0.637. The van der Waals surface area contributed by atoms with E-state index in [1.54, 1.807) is 57.7 Å². The van der Waals surface area contributed by atoms with Crippen molar-refractivity contribution >= 4 is 23.6 Å². The van der Waals surface area contributed by atoms with Gasteiger partial charge < -0.3 is 25.3 Å². The van der Waals surface area contributed by atoms with Crippen molar-refractivity contribution in [1.29, 1.82) is 0 Å². The van der Waals surface area contributed by atoms with Gasteiger partial charge in [-0.2, -0.15) is 0 Å². The number of nitrogens with two attached hydrogens (primary N) is 1. The molecule has 0 aromatic heterocycles. The normalized spacial score (nSPS) is 10.2. The summed E-state index contributed by atoms with van der Waals surface area (Å²) in [6, 6.07) is 10.5. The van der Waals surface area contributed by atoms with Crippen LogP contribution in [-0.2, 0) is 11.3 Å². The van der Waals surface area contributed by atoms with Gasteiger partial charge in [0.15, 0.2) is 11.5 Å². The number of carbonyl (C=O) groups is 2. The highest BCUT2D eigenvalue weighted by atomic mass is 32.2. The van der Waals surface area contributed by atoms with Crippen molar-refractivity contribution < 1.29 is 23.8 Å². The molecule has 0 bridgehead atoms. The molecular weight excluding hydrogens is 368 g/mol. The van der Waals surface area contributed by atoms with E-state index in [4.69, 9.17) is 19.9 Å². The second-order valence-corrected chi connectivity index (χ2v) is 6.47. The number of hydrogen-bond acceptors (Lipinski definition) is 6. The zero-order chi connectivity index (χ0) is 19.8. The number of carbonyl (C=O) groups excluding carboxylic acids is 2. The first-order valence-electron chi connectivity index (χ1n) is 8.07. The van der Waals surface area contributed by atoms with E-state index in [1.807, 2.05) is 0 Å². The fourth-order valence-electron chi connectivity index (χ4n) is 2.43. The second-order valence-electron chi connectivity index (χ2n) is 5.45. The standard InChI is InChI=1S/C19H22N2O5S/c1-24-14-9-16(26-3)15(25-2)8-12(14)10-21-19(23)13-6-4-5-7-17(13)27-11-18(20)22/h4-9H,10-11H2,1-3H3,(H2,20,22)(H,21,23). The minimum atomic E-state index is -0.440. The maximum atomic E-state index is 12.6. The van der Waals surface area contributed by atoms with Crippen LogP contribution in [0.25, 0.3) is 0 Å². The number of methoxy groups -OCH3 is 3. The summed E-state index contributed by atoms with van der Waals surface area (Å²) in [5, 5.41) is 2.86. The molecule has 8 heteroatoms. The third-order valence-electron chi connectivity index (χ3n) is 3.73. The molecule has 0 saturated heterocycles. The van der Waals surface area contributed by atoms with Crippen LogP contribution >= 0.6 is 11.8 Å². The van der Waals surface area contributed by atoms with E-state index in [0.29, 0.717) is 27.7 Å². The van der Waals surface area contributed by atoms with Gasteiger partial charge in [-0.25, -0.2) is 0 Å². The van der Waals surface area contributed by atoms with Gasteiger partial charge in [0.05, 0.1) is 32.6 Å². The number of thioether (sulfide) groups is 1. The smallest absolute Gasteiger partial charge is 0.252 e. The Morgan fingerprint density at radius 1 is 1.00 bits per heavy atom. The Morgan fingerprint density at radius 2 is 1.63 bits per heavy atom. The average Bonchev–Trinajstić information content (AvgIpc) is 2.69. The van der Waals surface area contributed by atoms with Crippen molar-refractivity contribution in [2.24, 2.45) is 5.73 Å². The topological polar surface area (TPSA) is 99.9 Å². The van der Waals surface area contributed by atoms with Crippen molar-refractivity contribution in [3.63, 3.8) is 0 Å². The number of amides is 2. The lowest BCUT2D eigenvalue weighted by atomic mass is 10.1. The van der Waals surface area contributed by atoms with Crippen molar-refractivity contribution in [2.45, 2.75) is 11.4 Å². The fourth-order valence-corrected chi connectivity index (χ4v) is 3.22. The first-order chi connectivity index (χ1) is 13.0. The van der Waals surface area contributed by atoms with Gasteiger partial charge in [0.25, 0.3) is 5.91 Å². The summed E-state index contributed by atoms with van der Waals surface area (Å²) in [5.74, 6) is 1.06. The summed E-state index contributed by atoms with van der Waals surface area (Å²) in [5.41, 5.74) is 6.40. The lowest BCUT2D eigenvalue weighted by Crippen LogP contribution is -2.24. The number of primary amides is 1. The van der Waals surface area contributed by atoms with Crippen LogP contribution in [0.1, 0.15) is 15.9 Å². The molecule has 0 spiro atoms. The zero-order valence-electron chi connectivity index (χ0n) is 15.4. The lowest BCUT2D eigenvalue weighted by molar-refractivity contribution is -0.115.